The molecule has 0 radical (unpaired) electrons. The van der Waals surface area contributed by atoms with Gasteiger partial charge in [-0.1, -0.05) is 66.7 Å². The molecule has 0 aliphatic carbocycles. The summed E-state index contributed by atoms with van der Waals surface area (Å²) in [4.78, 5) is 27.4. The number of anilines is 2. The minimum Gasteiger partial charge on any atom is -0.454 e. The van der Waals surface area contributed by atoms with E-state index < -0.39 is 0 Å². The summed E-state index contributed by atoms with van der Waals surface area (Å²) in [7, 11) is 0. The van der Waals surface area contributed by atoms with E-state index in [1.54, 1.807) is 0 Å². The van der Waals surface area contributed by atoms with Gasteiger partial charge in [0.2, 0.25) is 18.4 Å². The van der Waals surface area contributed by atoms with Gasteiger partial charge in [-0.3, -0.25) is 15.0 Å². The Morgan fingerprint density at radius 2 is 1.45 bits per heavy atom. The van der Waals surface area contributed by atoms with Crippen molar-refractivity contribution >= 4 is 17.3 Å². The van der Waals surface area contributed by atoms with Gasteiger partial charge in [-0.2, -0.15) is 0 Å². The molecule has 10 heteroatoms. The summed E-state index contributed by atoms with van der Waals surface area (Å²) in [5.41, 5.74) is 3.18. The lowest BCUT2D eigenvalue weighted by molar-refractivity contribution is -0.383. The number of aromatic nitrogens is 2. The van der Waals surface area contributed by atoms with Crippen LogP contribution in [0.4, 0.5) is 17.3 Å². The topological polar surface area (TPSA) is 97.1 Å². The van der Waals surface area contributed by atoms with E-state index in [2.05, 4.69) is 20.9 Å². The molecule has 2 aliphatic heterocycles. The highest BCUT2D eigenvalue weighted by Crippen LogP contribution is 2.36. The molecule has 0 spiro atoms. The van der Waals surface area contributed by atoms with Gasteiger partial charge in [-0.15, -0.1) is 0 Å². The van der Waals surface area contributed by atoms with Crippen LogP contribution in [-0.2, 0) is 19.6 Å². The first-order valence-electron chi connectivity index (χ1n) is 13.3. The van der Waals surface area contributed by atoms with E-state index in [1.807, 2.05) is 82.6 Å². The first-order chi connectivity index (χ1) is 19.6. The Balaban J connectivity index is 1.23. The van der Waals surface area contributed by atoms with Gasteiger partial charge in [0, 0.05) is 45.8 Å². The zero-order valence-electron chi connectivity index (χ0n) is 22.1. The third-order valence-corrected chi connectivity index (χ3v) is 7.21. The van der Waals surface area contributed by atoms with E-state index in [4.69, 9.17) is 9.47 Å². The lowest BCUT2D eigenvalue weighted by atomic mass is 10.1. The van der Waals surface area contributed by atoms with Crippen molar-refractivity contribution in [2.45, 2.75) is 19.6 Å². The van der Waals surface area contributed by atoms with Crippen LogP contribution in [-0.4, -0.2) is 52.8 Å². The fraction of sp³-hybridized carbons (Fsp3) is 0.267. The minimum absolute atomic E-state index is 0.0569. The molecule has 2 aliphatic rings. The average Bonchev–Trinajstić information content (AvgIpc) is 3.46. The van der Waals surface area contributed by atoms with E-state index in [0.29, 0.717) is 37.8 Å². The quantitative estimate of drug-likeness (QED) is 0.223. The predicted octanol–water partition coefficient (Wildman–Crippen LogP) is 4.64. The van der Waals surface area contributed by atoms with Gasteiger partial charge in [0.25, 0.3) is 0 Å². The monoisotopic (exact) mass is 538 g/mol. The fourth-order valence-electron chi connectivity index (χ4n) is 5.22. The van der Waals surface area contributed by atoms with Crippen molar-refractivity contribution < 1.29 is 14.4 Å². The number of hydrogen-bond donors (Lipinski definition) is 0. The van der Waals surface area contributed by atoms with Gasteiger partial charge in [0.05, 0.1) is 4.92 Å². The molecule has 10 nitrogen and oxygen atoms in total. The Hall–Kier alpha value is -4.70. The molecular weight excluding hydrogens is 508 g/mol. The number of piperazine rings is 1. The molecule has 0 atom stereocenters. The van der Waals surface area contributed by atoms with Crippen LogP contribution in [0.3, 0.4) is 0 Å². The Labute approximate surface area is 232 Å². The van der Waals surface area contributed by atoms with Gasteiger partial charge in [0.15, 0.2) is 11.5 Å². The van der Waals surface area contributed by atoms with Crippen LogP contribution in [0.15, 0.2) is 85.2 Å². The van der Waals surface area contributed by atoms with Crippen molar-refractivity contribution in [3.8, 4) is 11.5 Å². The highest BCUT2D eigenvalue weighted by atomic mass is 16.7. The zero-order chi connectivity index (χ0) is 27.3. The second kappa shape index (κ2) is 11.6. The number of nitrogens with zero attached hydrogens (tertiary/aromatic N) is 6. The third-order valence-electron chi connectivity index (χ3n) is 7.21. The summed E-state index contributed by atoms with van der Waals surface area (Å²) in [6.07, 6.45) is 1.44. The number of benzene rings is 3. The lowest BCUT2D eigenvalue weighted by Gasteiger charge is -2.35. The Kier molecular flexibility index (Phi) is 7.41. The molecule has 4 aromatic rings. The maximum absolute atomic E-state index is 12.5. The largest absolute Gasteiger partial charge is 0.454 e. The van der Waals surface area contributed by atoms with Crippen LogP contribution >= 0.6 is 0 Å². The molecule has 1 saturated heterocycles. The van der Waals surface area contributed by atoms with Crippen molar-refractivity contribution in [1.82, 2.24) is 14.9 Å². The van der Waals surface area contributed by atoms with E-state index in [1.165, 1.54) is 6.33 Å². The van der Waals surface area contributed by atoms with Crippen LogP contribution in [0.2, 0.25) is 0 Å². The molecule has 0 bridgehead atoms. The van der Waals surface area contributed by atoms with Gasteiger partial charge < -0.3 is 19.3 Å². The molecule has 1 aromatic heterocycles. The van der Waals surface area contributed by atoms with Crippen LogP contribution < -0.4 is 19.3 Å². The summed E-state index contributed by atoms with van der Waals surface area (Å²) in [5.74, 6) is 2.24. The van der Waals surface area contributed by atoms with E-state index in [0.717, 1.165) is 47.8 Å². The minimum atomic E-state index is -0.341. The van der Waals surface area contributed by atoms with E-state index in [-0.39, 0.29) is 17.4 Å². The maximum Gasteiger partial charge on any atom is 0.353 e. The normalized spacial score (nSPS) is 14.8. The molecule has 0 amide bonds. The van der Waals surface area contributed by atoms with Crippen LogP contribution in [0, 0.1) is 10.1 Å². The fourth-order valence-corrected chi connectivity index (χ4v) is 5.22. The molecule has 0 N–H and O–H groups in total. The number of nitro groups is 1. The van der Waals surface area contributed by atoms with Crippen LogP contribution in [0.25, 0.3) is 0 Å². The highest BCUT2D eigenvalue weighted by molar-refractivity contribution is 5.71. The van der Waals surface area contributed by atoms with E-state index in [9.17, 15) is 10.1 Å². The zero-order valence-corrected chi connectivity index (χ0v) is 22.1. The molecule has 3 heterocycles. The van der Waals surface area contributed by atoms with Gasteiger partial charge >= 0.3 is 5.69 Å². The smallest absolute Gasteiger partial charge is 0.353 e. The Morgan fingerprint density at radius 1 is 0.800 bits per heavy atom. The van der Waals surface area contributed by atoms with E-state index >= 15 is 0 Å². The molecule has 0 unspecified atom stereocenters. The average molecular weight is 539 g/mol. The summed E-state index contributed by atoms with van der Waals surface area (Å²) >= 11 is 0. The summed E-state index contributed by atoms with van der Waals surface area (Å²) < 4.78 is 10.9. The number of fused-ring (bicyclic) bond motifs is 1. The number of rotatable bonds is 9. The molecule has 6 rings (SSSR count). The number of ether oxygens (including phenoxy) is 2. The lowest BCUT2D eigenvalue weighted by Crippen LogP contribution is -2.46. The molecule has 3 aromatic carbocycles. The van der Waals surface area contributed by atoms with Crippen LogP contribution in [0.5, 0.6) is 11.5 Å². The summed E-state index contributed by atoms with van der Waals surface area (Å²) in [5, 5.41) is 12.5. The second-order valence-electron chi connectivity index (χ2n) is 9.90. The van der Waals surface area contributed by atoms with Gasteiger partial charge in [-0.05, 0) is 28.8 Å². The second-order valence-corrected chi connectivity index (χ2v) is 9.90. The van der Waals surface area contributed by atoms with Crippen LogP contribution in [0.1, 0.15) is 16.7 Å². The van der Waals surface area contributed by atoms with Crippen molar-refractivity contribution in [2.24, 2.45) is 0 Å². The molecule has 1 fully saturated rings. The SMILES string of the molecule is O=[N+]([O-])c1c(N2CCN(Cc3ccc4c(c3)OCO4)CC2)ncnc1N(Cc1ccccc1)Cc1ccccc1. The van der Waals surface area contributed by atoms with Gasteiger partial charge in [0.1, 0.15) is 6.33 Å². The third kappa shape index (κ3) is 5.67. The highest BCUT2D eigenvalue weighted by Gasteiger charge is 2.32. The van der Waals surface area contributed by atoms with Gasteiger partial charge in [-0.25, -0.2) is 9.97 Å². The van der Waals surface area contributed by atoms with Crippen molar-refractivity contribution in [1.29, 1.82) is 0 Å². The molecular formula is C30H30N6O4. The number of hydrogen-bond acceptors (Lipinski definition) is 9. The summed E-state index contributed by atoms with van der Waals surface area (Å²) in [6, 6.07) is 25.9. The van der Waals surface area contributed by atoms with Crippen molar-refractivity contribution in [3.63, 3.8) is 0 Å². The maximum atomic E-state index is 12.5. The predicted molar refractivity (Wildman–Crippen MR) is 152 cm³/mol. The standard InChI is InChI=1S/C30H30N6O4/c37-36(38)28-29(34-15-13-33(14-16-34)18-25-11-12-26-27(17-25)40-22-39-26)31-21-32-30(28)35(19-23-7-3-1-4-8-23)20-24-9-5-2-6-10-24/h1-12,17,21H,13-16,18-20,22H2. The molecule has 204 valence electrons. The first-order valence-corrected chi connectivity index (χ1v) is 13.3. The van der Waals surface area contributed by atoms with Crippen molar-refractivity contribution in [2.75, 3.05) is 42.8 Å². The van der Waals surface area contributed by atoms with Crippen molar-refractivity contribution in [3.05, 3.63) is 112 Å². The molecule has 0 saturated carbocycles. The first kappa shape index (κ1) is 25.6. The Morgan fingerprint density at radius 3 is 2.10 bits per heavy atom. The summed E-state index contributed by atoms with van der Waals surface area (Å²) in [6.45, 7) is 4.74. The molecule has 40 heavy (non-hydrogen) atoms. The Bertz CT molecular complexity index is 1420.